The number of amides is 1. The number of hydrogen-bond donors (Lipinski definition) is 0. The number of para-hydroxylation sites is 2. The summed E-state index contributed by atoms with van der Waals surface area (Å²) in [5.41, 5.74) is 3.60. The summed E-state index contributed by atoms with van der Waals surface area (Å²) in [6, 6.07) is 10.2. The van der Waals surface area contributed by atoms with E-state index in [1.54, 1.807) is 0 Å². The molecule has 0 saturated carbocycles. The number of carbonyl (C=O) groups is 1. The molecule has 32 heavy (non-hydrogen) atoms. The van der Waals surface area contributed by atoms with E-state index in [-0.39, 0.29) is 11.8 Å². The first-order chi connectivity index (χ1) is 15.6. The molecule has 2 aliphatic rings. The van der Waals surface area contributed by atoms with Crippen LogP contribution in [0.3, 0.4) is 0 Å². The van der Waals surface area contributed by atoms with Crippen LogP contribution in [0.1, 0.15) is 67.0 Å². The molecule has 4 heterocycles. The zero-order chi connectivity index (χ0) is 22.1. The Morgan fingerprint density at radius 1 is 1.06 bits per heavy atom. The minimum atomic E-state index is 0.0128. The van der Waals surface area contributed by atoms with Crippen LogP contribution in [0.15, 0.2) is 30.3 Å². The molecule has 1 atom stereocenters. The van der Waals surface area contributed by atoms with Gasteiger partial charge in [0.1, 0.15) is 11.5 Å². The lowest BCUT2D eigenvalue weighted by atomic mass is 9.96. The highest BCUT2D eigenvalue weighted by molar-refractivity contribution is 5.92. The lowest BCUT2D eigenvalue weighted by Gasteiger charge is -2.32. The third kappa shape index (κ3) is 3.96. The van der Waals surface area contributed by atoms with Crippen molar-refractivity contribution in [1.29, 1.82) is 0 Å². The maximum absolute atomic E-state index is 13.5. The van der Waals surface area contributed by atoms with E-state index in [4.69, 9.17) is 4.98 Å². The Balaban J connectivity index is 1.40. The van der Waals surface area contributed by atoms with Gasteiger partial charge in [0.25, 0.3) is 5.91 Å². The van der Waals surface area contributed by atoms with Crippen LogP contribution in [0.5, 0.6) is 0 Å². The maximum Gasteiger partial charge on any atom is 0.272 e. The summed E-state index contributed by atoms with van der Waals surface area (Å²) in [5.74, 6) is 2.07. The molecule has 0 spiro atoms. The van der Waals surface area contributed by atoms with Crippen molar-refractivity contribution in [3.05, 3.63) is 47.5 Å². The lowest BCUT2D eigenvalue weighted by molar-refractivity contribution is 0.0697. The molecule has 0 N–H and O–H groups in total. The first-order valence-corrected chi connectivity index (χ1v) is 12.0. The summed E-state index contributed by atoms with van der Waals surface area (Å²) in [5, 5.41) is 0. The van der Waals surface area contributed by atoms with Gasteiger partial charge in [-0.1, -0.05) is 19.1 Å². The number of carbonyl (C=O) groups excluding carboxylic acids is 1. The van der Waals surface area contributed by atoms with Gasteiger partial charge in [-0.05, 0) is 57.2 Å². The Morgan fingerprint density at radius 2 is 1.88 bits per heavy atom. The van der Waals surface area contributed by atoms with E-state index in [1.807, 2.05) is 24.0 Å². The number of rotatable bonds is 5. The van der Waals surface area contributed by atoms with Crippen molar-refractivity contribution in [2.45, 2.75) is 58.4 Å². The summed E-state index contributed by atoms with van der Waals surface area (Å²) in [7, 11) is 0. The van der Waals surface area contributed by atoms with Gasteiger partial charge < -0.3 is 14.4 Å². The van der Waals surface area contributed by atoms with E-state index >= 15 is 0 Å². The molecule has 3 aromatic rings. The van der Waals surface area contributed by atoms with E-state index < -0.39 is 0 Å². The predicted octanol–water partition coefficient (Wildman–Crippen LogP) is 4.16. The second kappa shape index (κ2) is 8.88. The molecule has 0 bridgehead atoms. The van der Waals surface area contributed by atoms with Crippen LogP contribution in [0.25, 0.3) is 11.0 Å². The first-order valence-electron chi connectivity index (χ1n) is 12.0. The van der Waals surface area contributed by atoms with Crippen LogP contribution in [-0.2, 0) is 6.54 Å². The molecule has 1 amide bonds. The SMILES string of the molecule is CCCn1c(C2CCCN(C(=O)c3cc(C)nc(N4CCCC4)n3)C2)nc2ccccc21. The molecule has 5 rings (SSSR count). The Kier molecular flexibility index (Phi) is 5.81. The number of nitrogens with zero attached hydrogens (tertiary/aromatic N) is 6. The molecular formula is C25H32N6O. The highest BCUT2D eigenvalue weighted by Crippen LogP contribution is 2.30. The number of aromatic nitrogens is 4. The van der Waals surface area contributed by atoms with Crippen molar-refractivity contribution in [3.63, 3.8) is 0 Å². The predicted molar refractivity (Wildman–Crippen MR) is 126 cm³/mol. The largest absolute Gasteiger partial charge is 0.341 e. The number of imidazole rings is 1. The highest BCUT2D eigenvalue weighted by Gasteiger charge is 2.30. The number of aryl methyl sites for hydroxylation is 2. The van der Waals surface area contributed by atoms with E-state index in [1.165, 1.54) is 5.52 Å². The highest BCUT2D eigenvalue weighted by atomic mass is 16.2. The molecule has 0 radical (unpaired) electrons. The molecule has 2 aromatic heterocycles. The average molecular weight is 433 g/mol. The maximum atomic E-state index is 13.5. The van der Waals surface area contributed by atoms with Gasteiger partial charge >= 0.3 is 0 Å². The second-order valence-corrected chi connectivity index (χ2v) is 9.09. The summed E-state index contributed by atoms with van der Waals surface area (Å²) < 4.78 is 2.36. The molecule has 7 nitrogen and oxygen atoms in total. The minimum absolute atomic E-state index is 0.0128. The fourth-order valence-corrected chi connectivity index (χ4v) is 5.12. The van der Waals surface area contributed by atoms with Gasteiger partial charge in [0.15, 0.2) is 0 Å². The Bertz CT molecular complexity index is 1120. The Labute approximate surface area is 189 Å². The Morgan fingerprint density at radius 3 is 2.69 bits per heavy atom. The van der Waals surface area contributed by atoms with Crippen LogP contribution in [0.4, 0.5) is 5.95 Å². The van der Waals surface area contributed by atoms with Crippen molar-refractivity contribution in [2.24, 2.45) is 0 Å². The van der Waals surface area contributed by atoms with E-state index in [0.29, 0.717) is 18.2 Å². The standard InChI is InChI=1S/C25H32N6O/c1-3-12-31-22-11-5-4-10-20(22)27-23(31)19-9-8-15-30(17-19)24(32)21-16-18(2)26-25(28-21)29-13-6-7-14-29/h4-5,10-11,16,19H,3,6-9,12-15,17H2,1-2H3. The van der Waals surface area contributed by atoms with E-state index in [9.17, 15) is 4.79 Å². The summed E-state index contributed by atoms with van der Waals surface area (Å²) in [6.45, 7) is 8.49. The third-order valence-corrected chi connectivity index (χ3v) is 6.66. The van der Waals surface area contributed by atoms with Gasteiger partial charge in [0.05, 0.1) is 11.0 Å². The van der Waals surface area contributed by atoms with Gasteiger partial charge in [-0.25, -0.2) is 15.0 Å². The fourth-order valence-electron chi connectivity index (χ4n) is 5.12. The molecule has 0 aliphatic carbocycles. The summed E-state index contributed by atoms with van der Waals surface area (Å²) in [4.78, 5) is 31.9. The van der Waals surface area contributed by atoms with Crippen molar-refractivity contribution in [2.75, 3.05) is 31.1 Å². The van der Waals surface area contributed by atoms with Gasteiger partial charge in [-0.3, -0.25) is 4.79 Å². The monoisotopic (exact) mass is 432 g/mol. The van der Waals surface area contributed by atoms with E-state index in [2.05, 4.69) is 44.6 Å². The number of hydrogen-bond acceptors (Lipinski definition) is 5. The minimum Gasteiger partial charge on any atom is -0.341 e. The fraction of sp³-hybridized carbons (Fsp3) is 0.520. The molecule has 2 fully saturated rings. The topological polar surface area (TPSA) is 67.2 Å². The van der Waals surface area contributed by atoms with Crippen molar-refractivity contribution in [3.8, 4) is 0 Å². The lowest BCUT2D eigenvalue weighted by Crippen LogP contribution is -2.40. The normalized spacial score (nSPS) is 19.1. The number of likely N-dealkylation sites (tertiary alicyclic amines) is 1. The zero-order valence-corrected chi connectivity index (χ0v) is 19.1. The number of anilines is 1. The average Bonchev–Trinajstić information content (AvgIpc) is 3.47. The quantitative estimate of drug-likeness (QED) is 0.605. The van der Waals surface area contributed by atoms with Crippen LogP contribution >= 0.6 is 0 Å². The Hall–Kier alpha value is -2.96. The smallest absolute Gasteiger partial charge is 0.272 e. The number of piperidine rings is 1. The van der Waals surface area contributed by atoms with Crippen LogP contribution in [0, 0.1) is 6.92 Å². The molecule has 1 aromatic carbocycles. The van der Waals surface area contributed by atoms with Crippen LogP contribution < -0.4 is 4.90 Å². The summed E-state index contributed by atoms with van der Waals surface area (Å²) in [6.07, 6.45) is 5.41. The van der Waals surface area contributed by atoms with Crippen LogP contribution in [-0.4, -0.2) is 56.5 Å². The summed E-state index contributed by atoms with van der Waals surface area (Å²) >= 11 is 0. The van der Waals surface area contributed by atoms with Crippen molar-refractivity contribution in [1.82, 2.24) is 24.4 Å². The van der Waals surface area contributed by atoms with Gasteiger partial charge in [0, 0.05) is 44.3 Å². The molecule has 1 unspecified atom stereocenters. The van der Waals surface area contributed by atoms with Gasteiger partial charge in [0.2, 0.25) is 5.95 Å². The zero-order valence-electron chi connectivity index (χ0n) is 19.1. The molecule has 7 heteroatoms. The first kappa shape index (κ1) is 20.9. The molecular weight excluding hydrogens is 400 g/mol. The molecule has 2 aliphatic heterocycles. The molecule has 168 valence electrons. The van der Waals surface area contributed by atoms with Crippen molar-refractivity contribution >= 4 is 22.9 Å². The number of benzene rings is 1. The van der Waals surface area contributed by atoms with Gasteiger partial charge in [-0.15, -0.1) is 0 Å². The second-order valence-electron chi connectivity index (χ2n) is 9.09. The van der Waals surface area contributed by atoms with Crippen molar-refractivity contribution < 1.29 is 4.79 Å². The van der Waals surface area contributed by atoms with E-state index in [0.717, 1.165) is 75.3 Å². The van der Waals surface area contributed by atoms with Crippen LogP contribution in [0.2, 0.25) is 0 Å². The number of fused-ring (bicyclic) bond motifs is 1. The molecule has 2 saturated heterocycles. The van der Waals surface area contributed by atoms with Gasteiger partial charge in [-0.2, -0.15) is 0 Å². The third-order valence-electron chi connectivity index (χ3n) is 6.66.